The van der Waals surface area contributed by atoms with Gasteiger partial charge in [0, 0.05) is 24.7 Å². The molecule has 3 aromatic rings. The van der Waals surface area contributed by atoms with Crippen LogP contribution >= 0.6 is 0 Å². The van der Waals surface area contributed by atoms with Crippen LogP contribution in [0, 0.1) is 0 Å². The van der Waals surface area contributed by atoms with Crippen LogP contribution in [-0.2, 0) is 18.3 Å². The molecule has 1 aromatic carbocycles. The van der Waals surface area contributed by atoms with Crippen LogP contribution in [0.15, 0.2) is 41.3 Å². The number of carbonyl (C=O) groups excluding carboxylic acids is 1. The normalized spacial score (nSPS) is 10.7. The molecule has 0 atom stereocenters. The number of fused-ring (bicyclic) bond motifs is 1. The van der Waals surface area contributed by atoms with Crippen molar-refractivity contribution in [2.75, 3.05) is 5.32 Å². The van der Waals surface area contributed by atoms with Crippen molar-refractivity contribution in [3.63, 3.8) is 0 Å². The number of amides is 1. The van der Waals surface area contributed by atoms with Gasteiger partial charge in [-0.05, 0) is 6.07 Å². The number of aromatic nitrogens is 4. The average molecular weight is 283 g/mol. The van der Waals surface area contributed by atoms with Crippen molar-refractivity contribution >= 4 is 22.8 Å². The van der Waals surface area contributed by atoms with E-state index in [1.165, 1.54) is 12.3 Å². The second kappa shape index (κ2) is 5.20. The number of carbonyl (C=O) groups is 1. The van der Waals surface area contributed by atoms with Crippen molar-refractivity contribution in [3.05, 3.63) is 52.6 Å². The molecule has 0 aliphatic rings. The van der Waals surface area contributed by atoms with Crippen LogP contribution in [0.5, 0.6) is 0 Å². The predicted molar refractivity (Wildman–Crippen MR) is 77.9 cm³/mol. The average Bonchev–Trinajstić information content (AvgIpc) is 2.76. The minimum atomic E-state index is -0.316. The second-order valence-corrected chi connectivity index (χ2v) is 4.60. The highest BCUT2D eigenvalue weighted by atomic mass is 16.2. The van der Waals surface area contributed by atoms with E-state index < -0.39 is 0 Å². The highest BCUT2D eigenvalue weighted by molar-refractivity contribution is 5.93. The van der Waals surface area contributed by atoms with Crippen molar-refractivity contribution in [1.82, 2.24) is 19.7 Å². The van der Waals surface area contributed by atoms with Crippen molar-refractivity contribution < 1.29 is 4.79 Å². The summed E-state index contributed by atoms with van der Waals surface area (Å²) in [5, 5.41) is 7.84. The highest BCUT2D eigenvalue weighted by Gasteiger charge is 2.12. The second-order valence-electron chi connectivity index (χ2n) is 4.60. The summed E-state index contributed by atoms with van der Waals surface area (Å²) in [7, 11) is 1.83. The summed E-state index contributed by atoms with van der Waals surface area (Å²) in [5.74, 6) is -0.152. The molecule has 0 saturated carbocycles. The minimum absolute atomic E-state index is 0.111. The summed E-state index contributed by atoms with van der Waals surface area (Å²) < 4.78 is 1.74. The Kier molecular flexibility index (Phi) is 3.23. The Balaban J connectivity index is 1.82. The van der Waals surface area contributed by atoms with Crippen LogP contribution in [-0.4, -0.2) is 25.7 Å². The number of benzene rings is 1. The maximum atomic E-state index is 12.0. The summed E-state index contributed by atoms with van der Waals surface area (Å²) in [6.07, 6.45) is 1.45. The third kappa shape index (κ3) is 2.66. The lowest BCUT2D eigenvalue weighted by Crippen LogP contribution is -2.19. The lowest BCUT2D eigenvalue weighted by atomic mass is 10.1. The molecule has 2 N–H and O–H groups in total. The van der Waals surface area contributed by atoms with E-state index in [4.69, 9.17) is 0 Å². The standard InChI is InChI=1S/C14H13N5O2/c1-19-11-5-3-2-4-9(11)10(18-19)8-13(21)17-14-15-7-6-12(20)16-14/h2-7H,8H2,1H3,(H2,15,16,17,20,21). The Morgan fingerprint density at radius 2 is 2.14 bits per heavy atom. The fourth-order valence-electron chi connectivity index (χ4n) is 2.18. The molecule has 0 aliphatic heterocycles. The van der Waals surface area contributed by atoms with Gasteiger partial charge in [-0.3, -0.25) is 24.6 Å². The molecule has 0 unspecified atom stereocenters. The summed E-state index contributed by atoms with van der Waals surface area (Å²) >= 11 is 0. The van der Waals surface area contributed by atoms with Crippen LogP contribution in [0.3, 0.4) is 0 Å². The van der Waals surface area contributed by atoms with Crippen LogP contribution in [0.1, 0.15) is 5.69 Å². The zero-order valence-electron chi connectivity index (χ0n) is 11.3. The van der Waals surface area contributed by atoms with Gasteiger partial charge in [0.1, 0.15) is 0 Å². The molecule has 0 fully saturated rings. The highest BCUT2D eigenvalue weighted by Crippen LogP contribution is 2.17. The Bertz CT molecular complexity index is 865. The topological polar surface area (TPSA) is 92.7 Å². The number of H-pyrrole nitrogens is 1. The van der Waals surface area contributed by atoms with Gasteiger partial charge in [0.2, 0.25) is 11.9 Å². The number of nitrogens with one attached hydrogen (secondary N) is 2. The fraction of sp³-hybridized carbons (Fsp3) is 0.143. The van der Waals surface area contributed by atoms with Gasteiger partial charge >= 0.3 is 0 Å². The number of aryl methyl sites for hydroxylation is 1. The number of nitrogens with zero attached hydrogens (tertiary/aromatic N) is 3. The summed E-state index contributed by atoms with van der Waals surface area (Å²) in [6, 6.07) is 8.98. The molecule has 0 aliphatic carbocycles. The zero-order chi connectivity index (χ0) is 14.8. The summed E-state index contributed by atoms with van der Waals surface area (Å²) in [6.45, 7) is 0. The van der Waals surface area contributed by atoms with Crippen molar-refractivity contribution in [1.29, 1.82) is 0 Å². The van der Waals surface area contributed by atoms with Crippen LogP contribution in [0.4, 0.5) is 5.95 Å². The number of para-hydroxylation sites is 1. The quantitative estimate of drug-likeness (QED) is 0.745. The lowest BCUT2D eigenvalue weighted by Gasteiger charge is -2.02. The van der Waals surface area contributed by atoms with E-state index in [1.54, 1.807) is 4.68 Å². The third-order valence-electron chi connectivity index (χ3n) is 3.09. The molecule has 0 bridgehead atoms. The minimum Gasteiger partial charge on any atom is -0.296 e. The molecule has 21 heavy (non-hydrogen) atoms. The van der Waals surface area contributed by atoms with Crippen LogP contribution in [0.25, 0.3) is 10.9 Å². The maximum absolute atomic E-state index is 12.0. The number of aromatic amines is 1. The first kappa shape index (κ1) is 13.0. The first-order chi connectivity index (χ1) is 10.1. The maximum Gasteiger partial charge on any atom is 0.252 e. The number of anilines is 1. The summed E-state index contributed by atoms with van der Waals surface area (Å²) in [4.78, 5) is 29.5. The largest absolute Gasteiger partial charge is 0.296 e. The first-order valence-corrected chi connectivity index (χ1v) is 6.39. The molecular weight excluding hydrogens is 270 g/mol. The summed E-state index contributed by atoms with van der Waals surface area (Å²) in [5.41, 5.74) is 1.33. The molecule has 1 amide bonds. The molecule has 7 heteroatoms. The number of hydrogen-bond donors (Lipinski definition) is 2. The SMILES string of the molecule is Cn1nc(CC(=O)Nc2nccc(=O)[nH]2)c2ccccc21. The molecule has 2 aromatic heterocycles. The van der Waals surface area contributed by atoms with E-state index in [0.717, 1.165) is 10.9 Å². The van der Waals surface area contributed by atoms with Crippen molar-refractivity contribution in [2.24, 2.45) is 7.05 Å². The van der Waals surface area contributed by atoms with Gasteiger partial charge in [-0.1, -0.05) is 18.2 Å². The number of rotatable bonds is 3. The van der Waals surface area contributed by atoms with Gasteiger partial charge in [0.25, 0.3) is 5.56 Å². The Labute approximate surface area is 119 Å². The molecular formula is C14H13N5O2. The molecule has 0 radical (unpaired) electrons. The van der Waals surface area contributed by atoms with E-state index in [1.807, 2.05) is 31.3 Å². The van der Waals surface area contributed by atoms with Gasteiger partial charge in [0.15, 0.2) is 0 Å². The lowest BCUT2D eigenvalue weighted by molar-refractivity contribution is -0.115. The molecule has 3 rings (SSSR count). The Morgan fingerprint density at radius 1 is 1.33 bits per heavy atom. The smallest absolute Gasteiger partial charge is 0.252 e. The van der Waals surface area contributed by atoms with E-state index in [9.17, 15) is 9.59 Å². The van der Waals surface area contributed by atoms with Gasteiger partial charge in [0.05, 0.1) is 17.6 Å². The molecule has 0 spiro atoms. The monoisotopic (exact) mass is 283 g/mol. The number of hydrogen-bond acceptors (Lipinski definition) is 4. The third-order valence-corrected chi connectivity index (χ3v) is 3.09. The van der Waals surface area contributed by atoms with Gasteiger partial charge in [-0.25, -0.2) is 4.98 Å². The zero-order valence-corrected chi connectivity index (χ0v) is 11.3. The Hall–Kier alpha value is -2.96. The van der Waals surface area contributed by atoms with E-state index in [-0.39, 0.29) is 23.8 Å². The molecule has 2 heterocycles. The van der Waals surface area contributed by atoms with Crippen LogP contribution in [0.2, 0.25) is 0 Å². The van der Waals surface area contributed by atoms with E-state index >= 15 is 0 Å². The van der Waals surface area contributed by atoms with Gasteiger partial charge < -0.3 is 0 Å². The Morgan fingerprint density at radius 3 is 2.95 bits per heavy atom. The molecule has 0 saturated heterocycles. The van der Waals surface area contributed by atoms with Gasteiger partial charge in [-0.15, -0.1) is 0 Å². The molecule has 7 nitrogen and oxygen atoms in total. The van der Waals surface area contributed by atoms with E-state index in [2.05, 4.69) is 20.4 Å². The van der Waals surface area contributed by atoms with Crippen LogP contribution < -0.4 is 10.9 Å². The van der Waals surface area contributed by atoms with E-state index in [0.29, 0.717) is 5.69 Å². The van der Waals surface area contributed by atoms with Crippen molar-refractivity contribution in [2.45, 2.75) is 6.42 Å². The van der Waals surface area contributed by atoms with Gasteiger partial charge in [-0.2, -0.15) is 5.10 Å². The van der Waals surface area contributed by atoms with Crippen molar-refractivity contribution in [3.8, 4) is 0 Å². The molecule has 106 valence electrons. The fourth-order valence-corrected chi connectivity index (χ4v) is 2.18. The predicted octanol–water partition coefficient (Wildman–Crippen LogP) is 0.838. The first-order valence-electron chi connectivity index (χ1n) is 6.39.